The number of benzene rings is 1. The molecule has 0 fully saturated rings. The Hall–Kier alpha value is -2.49. The number of hydrogen-bond donors (Lipinski definition) is 0. The molecule has 4 heteroatoms. The van der Waals surface area contributed by atoms with Crippen molar-refractivity contribution in [3.8, 4) is 0 Å². The average molecular weight is 237 g/mol. The van der Waals surface area contributed by atoms with Gasteiger partial charge in [-0.05, 0) is 24.3 Å². The number of para-hydroxylation sites is 1. The summed E-state index contributed by atoms with van der Waals surface area (Å²) in [6.45, 7) is 0. The summed E-state index contributed by atoms with van der Waals surface area (Å²) < 4.78 is 7.49. The predicted molar refractivity (Wildman–Crippen MR) is 71.8 cm³/mol. The molecule has 0 aliphatic rings. The fourth-order valence-corrected chi connectivity index (χ4v) is 1.77. The van der Waals surface area contributed by atoms with Crippen LogP contribution in [0, 0.1) is 0 Å². The second-order valence-electron chi connectivity index (χ2n) is 3.91. The molecule has 0 bridgehead atoms. The number of nitrogens with zero attached hydrogens (tertiary/aromatic N) is 4. The monoisotopic (exact) mass is 237 g/mol. The third-order valence-electron chi connectivity index (χ3n) is 2.76. The summed E-state index contributed by atoms with van der Waals surface area (Å²) in [5.74, 6) is 0.776. The van der Waals surface area contributed by atoms with Crippen molar-refractivity contribution in [3.63, 3.8) is 0 Å². The number of rotatable bonds is 2. The highest BCUT2D eigenvalue weighted by Crippen LogP contribution is 2.22. The van der Waals surface area contributed by atoms with Crippen LogP contribution in [0.15, 0.2) is 54.8 Å². The molecule has 0 N–H and O–H groups in total. The molecule has 0 radical (unpaired) electrons. The lowest BCUT2D eigenvalue weighted by atomic mass is 10.3. The molecule has 0 saturated heterocycles. The SMILES string of the molecule is [2H]c1cnc2ccc(N(C)c3ccccc3)nc2n1. The molecule has 4 nitrogen and oxygen atoms in total. The predicted octanol–water partition coefficient (Wildman–Crippen LogP) is 2.79. The van der Waals surface area contributed by atoms with Gasteiger partial charge in [0.25, 0.3) is 0 Å². The summed E-state index contributed by atoms with van der Waals surface area (Å²) >= 11 is 0. The van der Waals surface area contributed by atoms with E-state index in [4.69, 9.17) is 1.37 Å². The number of fused-ring (bicyclic) bond motifs is 1. The highest BCUT2D eigenvalue weighted by molar-refractivity contribution is 5.73. The first-order chi connectivity index (χ1) is 9.24. The van der Waals surface area contributed by atoms with Gasteiger partial charge in [0.1, 0.15) is 11.3 Å². The molecule has 0 atom stereocenters. The second kappa shape index (κ2) is 4.41. The van der Waals surface area contributed by atoms with Gasteiger partial charge < -0.3 is 4.90 Å². The molecule has 2 heterocycles. The van der Waals surface area contributed by atoms with Gasteiger partial charge in [0, 0.05) is 25.1 Å². The molecule has 0 saturated carbocycles. The van der Waals surface area contributed by atoms with Gasteiger partial charge in [-0.3, -0.25) is 4.98 Å². The van der Waals surface area contributed by atoms with E-state index in [1.807, 2.05) is 54.4 Å². The van der Waals surface area contributed by atoms with E-state index >= 15 is 0 Å². The fourth-order valence-electron chi connectivity index (χ4n) is 1.77. The minimum Gasteiger partial charge on any atom is -0.329 e. The van der Waals surface area contributed by atoms with E-state index in [-0.39, 0.29) is 6.17 Å². The van der Waals surface area contributed by atoms with Gasteiger partial charge in [-0.15, -0.1) is 0 Å². The van der Waals surface area contributed by atoms with Gasteiger partial charge in [-0.1, -0.05) is 18.2 Å². The second-order valence-corrected chi connectivity index (χ2v) is 3.91. The molecule has 0 unspecified atom stereocenters. The summed E-state index contributed by atoms with van der Waals surface area (Å²) in [5.41, 5.74) is 2.23. The van der Waals surface area contributed by atoms with Gasteiger partial charge >= 0.3 is 0 Å². The number of hydrogen-bond acceptors (Lipinski definition) is 4. The topological polar surface area (TPSA) is 41.9 Å². The molecule has 88 valence electrons. The minimum absolute atomic E-state index is 0.125. The van der Waals surface area contributed by atoms with Gasteiger partial charge in [0.2, 0.25) is 0 Å². The van der Waals surface area contributed by atoms with E-state index in [0.717, 1.165) is 11.5 Å². The quantitative estimate of drug-likeness (QED) is 0.687. The molecule has 3 rings (SSSR count). The smallest absolute Gasteiger partial charge is 0.180 e. The van der Waals surface area contributed by atoms with Crippen LogP contribution in [0.1, 0.15) is 1.37 Å². The van der Waals surface area contributed by atoms with Crippen LogP contribution in [0.2, 0.25) is 0 Å². The Balaban J connectivity index is 2.05. The maximum Gasteiger partial charge on any atom is 0.180 e. The first-order valence-corrected chi connectivity index (χ1v) is 5.63. The van der Waals surface area contributed by atoms with Gasteiger partial charge in [0.05, 0.1) is 1.37 Å². The first-order valence-electron chi connectivity index (χ1n) is 6.13. The van der Waals surface area contributed by atoms with Crippen LogP contribution in [0.4, 0.5) is 11.5 Å². The van der Waals surface area contributed by atoms with Crippen LogP contribution in [-0.2, 0) is 0 Å². The Morgan fingerprint density at radius 2 is 1.89 bits per heavy atom. The zero-order valence-electron chi connectivity index (χ0n) is 10.9. The maximum atomic E-state index is 7.49. The van der Waals surface area contributed by atoms with Crippen molar-refractivity contribution in [2.75, 3.05) is 11.9 Å². The van der Waals surface area contributed by atoms with Crippen molar-refractivity contribution < 1.29 is 1.37 Å². The largest absolute Gasteiger partial charge is 0.329 e. The fraction of sp³-hybridized carbons (Fsp3) is 0.0714. The Morgan fingerprint density at radius 3 is 2.72 bits per heavy atom. The number of anilines is 2. The Kier molecular flexibility index (Phi) is 2.33. The highest BCUT2D eigenvalue weighted by atomic mass is 15.2. The van der Waals surface area contributed by atoms with Crippen molar-refractivity contribution in [3.05, 3.63) is 54.8 Å². The average Bonchev–Trinajstić information content (AvgIpc) is 2.46. The molecule has 18 heavy (non-hydrogen) atoms. The Morgan fingerprint density at radius 1 is 1.06 bits per heavy atom. The van der Waals surface area contributed by atoms with Crippen molar-refractivity contribution in [1.82, 2.24) is 15.0 Å². The van der Waals surface area contributed by atoms with Crippen LogP contribution in [0.5, 0.6) is 0 Å². The summed E-state index contributed by atoms with van der Waals surface area (Å²) in [5, 5.41) is 0. The molecule has 0 spiro atoms. The van der Waals surface area contributed by atoms with E-state index < -0.39 is 0 Å². The van der Waals surface area contributed by atoms with E-state index in [9.17, 15) is 0 Å². The molecule has 0 aliphatic heterocycles. The number of aromatic nitrogens is 3. The summed E-state index contributed by atoms with van der Waals surface area (Å²) in [7, 11) is 1.95. The van der Waals surface area contributed by atoms with Crippen LogP contribution in [-0.4, -0.2) is 22.0 Å². The minimum atomic E-state index is 0.125. The zero-order valence-corrected chi connectivity index (χ0v) is 9.91. The molecule has 2 aromatic heterocycles. The molecular formula is C14H12N4. The van der Waals surface area contributed by atoms with Gasteiger partial charge in [-0.25, -0.2) is 9.97 Å². The molecule has 1 aromatic carbocycles. The maximum absolute atomic E-state index is 7.49. The van der Waals surface area contributed by atoms with Crippen molar-refractivity contribution in [2.45, 2.75) is 0 Å². The van der Waals surface area contributed by atoms with Crippen molar-refractivity contribution in [1.29, 1.82) is 0 Å². The number of pyridine rings is 1. The molecule has 3 aromatic rings. The van der Waals surface area contributed by atoms with Gasteiger partial charge in [-0.2, -0.15) is 0 Å². The van der Waals surface area contributed by atoms with E-state index in [1.165, 1.54) is 6.20 Å². The Labute approximate surface area is 106 Å². The van der Waals surface area contributed by atoms with E-state index in [0.29, 0.717) is 11.2 Å². The van der Waals surface area contributed by atoms with Gasteiger partial charge in [0.15, 0.2) is 5.65 Å². The zero-order chi connectivity index (χ0) is 13.2. The Bertz CT molecular complexity index is 715. The summed E-state index contributed by atoms with van der Waals surface area (Å²) in [6.07, 6.45) is 1.55. The standard InChI is InChI=1S/C14H12N4/c1-18(11-5-3-2-4-6-11)13-8-7-12-14(17-13)16-10-9-15-12/h2-10H,1H3/i10D. The molecular weight excluding hydrogens is 224 g/mol. The van der Waals surface area contributed by atoms with Crippen molar-refractivity contribution in [2.24, 2.45) is 0 Å². The lowest BCUT2D eigenvalue weighted by Gasteiger charge is -2.18. The van der Waals surface area contributed by atoms with Crippen molar-refractivity contribution >= 4 is 22.7 Å². The van der Waals surface area contributed by atoms with Crippen LogP contribution >= 0.6 is 0 Å². The lowest BCUT2D eigenvalue weighted by Crippen LogP contribution is -2.11. The first kappa shape index (κ1) is 9.53. The third kappa shape index (κ3) is 1.88. The summed E-state index contributed by atoms with van der Waals surface area (Å²) in [4.78, 5) is 14.6. The summed E-state index contributed by atoms with van der Waals surface area (Å²) in [6, 6.07) is 13.7. The van der Waals surface area contributed by atoms with Crippen LogP contribution in [0.25, 0.3) is 11.2 Å². The lowest BCUT2D eigenvalue weighted by molar-refractivity contribution is 1.12. The normalized spacial score (nSPS) is 11.3. The van der Waals surface area contributed by atoms with Crippen LogP contribution < -0.4 is 4.90 Å². The van der Waals surface area contributed by atoms with E-state index in [1.54, 1.807) is 0 Å². The molecule has 0 aliphatic carbocycles. The highest BCUT2D eigenvalue weighted by Gasteiger charge is 2.06. The van der Waals surface area contributed by atoms with E-state index in [2.05, 4.69) is 15.0 Å². The van der Waals surface area contributed by atoms with Crippen LogP contribution in [0.3, 0.4) is 0 Å². The molecule has 0 amide bonds. The third-order valence-corrected chi connectivity index (χ3v) is 2.76.